The topological polar surface area (TPSA) is 104 Å². The highest BCUT2D eigenvalue weighted by molar-refractivity contribution is 6.30. The quantitative estimate of drug-likeness (QED) is 0.384. The Kier molecular flexibility index (Phi) is 4.31. The Hall–Kier alpha value is -3.33. The summed E-state index contributed by atoms with van der Waals surface area (Å²) in [5.74, 6) is -0.612. The zero-order valence-corrected chi connectivity index (χ0v) is 16.1. The fourth-order valence-corrected chi connectivity index (χ4v) is 3.22. The number of halogens is 1. The number of methoxy groups -OCH3 is 1. The van der Waals surface area contributed by atoms with E-state index >= 15 is 0 Å². The number of rotatable bonds is 4. The molecule has 10 heteroatoms. The molecule has 0 aliphatic rings. The van der Waals surface area contributed by atoms with Gasteiger partial charge in [0.15, 0.2) is 22.6 Å². The van der Waals surface area contributed by atoms with E-state index in [4.69, 9.17) is 16.3 Å². The second-order valence-electron chi connectivity index (χ2n) is 6.21. The van der Waals surface area contributed by atoms with E-state index in [1.54, 1.807) is 35.9 Å². The largest absolute Gasteiger partial charge is 0.469 e. The van der Waals surface area contributed by atoms with Gasteiger partial charge in [0.2, 0.25) is 0 Å². The number of ketones is 1. The number of nitrogens with zero attached hydrogens (tertiary/aromatic N) is 6. The number of hydrogen-bond donors (Lipinski definition) is 0. The molecular weight excluding hydrogens is 384 g/mol. The van der Waals surface area contributed by atoms with Gasteiger partial charge < -0.3 is 4.74 Å². The molecule has 0 radical (unpaired) electrons. The lowest BCUT2D eigenvalue weighted by atomic mass is 10.2. The van der Waals surface area contributed by atoms with E-state index in [0.29, 0.717) is 44.5 Å². The van der Waals surface area contributed by atoms with Gasteiger partial charge in [-0.2, -0.15) is 14.7 Å². The average molecular weight is 399 g/mol. The van der Waals surface area contributed by atoms with Crippen molar-refractivity contribution in [3.05, 3.63) is 46.2 Å². The van der Waals surface area contributed by atoms with Crippen molar-refractivity contribution >= 4 is 40.2 Å². The molecule has 0 saturated heterocycles. The lowest BCUT2D eigenvalue weighted by molar-refractivity contribution is -0.139. The summed E-state index contributed by atoms with van der Waals surface area (Å²) in [5.41, 5.74) is 3.23. The maximum Gasteiger partial charge on any atom is 0.311 e. The van der Waals surface area contributed by atoms with E-state index < -0.39 is 5.97 Å². The number of Topliss-reactive ketones (excluding diaryl/α,β-unsaturated/α-hetero) is 1. The van der Waals surface area contributed by atoms with Crippen molar-refractivity contribution in [2.24, 2.45) is 0 Å². The molecular formula is C18H15ClN6O3. The summed E-state index contributed by atoms with van der Waals surface area (Å²) >= 11 is 6.00. The van der Waals surface area contributed by atoms with Crippen molar-refractivity contribution in [2.45, 2.75) is 20.3 Å². The highest BCUT2D eigenvalue weighted by atomic mass is 35.5. The van der Waals surface area contributed by atoms with Gasteiger partial charge in [0.25, 0.3) is 0 Å². The maximum absolute atomic E-state index is 12.0. The molecule has 0 unspecified atom stereocenters. The third-order valence-electron chi connectivity index (χ3n) is 4.35. The number of benzene rings is 1. The Morgan fingerprint density at radius 2 is 1.86 bits per heavy atom. The van der Waals surface area contributed by atoms with Gasteiger partial charge in [-0.3, -0.25) is 9.59 Å². The molecule has 0 aliphatic heterocycles. The van der Waals surface area contributed by atoms with Crippen LogP contribution in [0.5, 0.6) is 0 Å². The van der Waals surface area contributed by atoms with Gasteiger partial charge in [0, 0.05) is 5.02 Å². The van der Waals surface area contributed by atoms with E-state index in [0.717, 1.165) is 0 Å². The van der Waals surface area contributed by atoms with Crippen LogP contribution in [0.25, 0.3) is 22.5 Å². The van der Waals surface area contributed by atoms with Gasteiger partial charge in [0.05, 0.1) is 30.5 Å². The van der Waals surface area contributed by atoms with Crippen LogP contribution in [-0.2, 0) is 16.0 Å². The van der Waals surface area contributed by atoms with E-state index in [-0.39, 0.29) is 12.2 Å². The number of hydrogen-bond acceptors (Lipinski definition) is 7. The van der Waals surface area contributed by atoms with Crippen LogP contribution in [0, 0.1) is 6.92 Å². The second kappa shape index (κ2) is 6.68. The first kappa shape index (κ1) is 18.1. The summed E-state index contributed by atoms with van der Waals surface area (Å²) in [4.78, 5) is 23.9. The number of carbonyl (C=O) groups excluding carboxylic acids is 2. The van der Waals surface area contributed by atoms with Crippen LogP contribution in [0.2, 0.25) is 5.02 Å². The fourth-order valence-electron chi connectivity index (χ4n) is 3.09. The zero-order chi connectivity index (χ0) is 20.0. The number of aromatic nitrogens is 6. The molecule has 0 bridgehead atoms. The first-order chi connectivity index (χ1) is 13.4. The first-order valence-electron chi connectivity index (χ1n) is 8.38. The molecule has 0 amide bonds. The summed E-state index contributed by atoms with van der Waals surface area (Å²) in [6.45, 7) is 3.19. The van der Waals surface area contributed by atoms with Crippen LogP contribution in [0.1, 0.15) is 28.7 Å². The fraction of sp³-hybridized carbons (Fsp3) is 0.222. The second-order valence-corrected chi connectivity index (χ2v) is 6.65. The molecule has 0 spiro atoms. The minimum absolute atomic E-state index is 0.0758. The van der Waals surface area contributed by atoms with Crippen LogP contribution in [0.4, 0.5) is 0 Å². The van der Waals surface area contributed by atoms with Crippen molar-refractivity contribution < 1.29 is 14.3 Å². The normalized spacial score (nSPS) is 11.3. The lowest BCUT2D eigenvalue weighted by Crippen LogP contribution is -2.06. The summed E-state index contributed by atoms with van der Waals surface area (Å²) in [7, 11) is 1.31. The van der Waals surface area contributed by atoms with Gasteiger partial charge in [-0.1, -0.05) is 11.6 Å². The highest BCUT2D eigenvalue weighted by Crippen LogP contribution is 2.24. The Morgan fingerprint density at radius 3 is 2.50 bits per heavy atom. The molecule has 9 nitrogen and oxygen atoms in total. The summed E-state index contributed by atoms with van der Waals surface area (Å²) in [6.07, 6.45) is -0.0758. The highest BCUT2D eigenvalue weighted by Gasteiger charge is 2.24. The van der Waals surface area contributed by atoms with Crippen molar-refractivity contribution in [2.75, 3.05) is 7.11 Å². The van der Waals surface area contributed by atoms with Crippen LogP contribution in [-0.4, -0.2) is 48.5 Å². The number of aryl methyl sites for hydroxylation is 1. The van der Waals surface area contributed by atoms with Crippen LogP contribution in [0.3, 0.4) is 0 Å². The minimum atomic E-state index is -0.453. The van der Waals surface area contributed by atoms with Gasteiger partial charge in [-0.05, 0) is 38.1 Å². The molecule has 0 atom stereocenters. The number of esters is 1. The standard InChI is InChI=1S/C18H15ClN6O3/c1-9-15(10(2)26)17-21-20-16-13(8-14(27)28-3)23-24(18(16)25(17)22-9)12-6-4-11(19)5-7-12/h4-7H,8H2,1-3H3. The van der Waals surface area contributed by atoms with Crippen molar-refractivity contribution in [3.8, 4) is 5.69 Å². The molecule has 4 rings (SSSR count). The molecule has 0 N–H and O–H groups in total. The molecule has 0 aliphatic carbocycles. The smallest absolute Gasteiger partial charge is 0.311 e. The SMILES string of the molecule is COC(=O)Cc1nn(-c2ccc(Cl)cc2)c2c1nnc1c(C(C)=O)c(C)nn12. The third kappa shape index (κ3) is 2.80. The Bertz CT molecular complexity index is 1240. The van der Waals surface area contributed by atoms with E-state index in [2.05, 4.69) is 20.4 Å². The van der Waals surface area contributed by atoms with Gasteiger partial charge >= 0.3 is 5.97 Å². The predicted octanol–water partition coefficient (Wildman–Crippen LogP) is 2.34. The molecule has 0 fully saturated rings. The number of fused-ring (bicyclic) bond motifs is 3. The van der Waals surface area contributed by atoms with Crippen molar-refractivity contribution in [3.63, 3.8) is 0 Å². The number of carbonyl (C=O) groups is 2. The predicted molar refractivity (Wildman–Crippen MR) is 101 cm³/mol. The maximum atomic E-state index is 12.0. The summed E-state index contributed by atoms with van der Waals surface area (Å²) in [5, 5.41) is 18.0. The molecule has 0 saturated carbocycles. The lowest BCUT2D eigenvalue weighted by Gasteiger charge is -2.04. The molecule has 28 heavy (non-hydrogen) atoms. The molecule has 3 heterocycles. The first-order valence-corrected chi connectivity index (χ1v) is 8.75. The van der Waals surface area contributed by atoms with E-state index in [1.165, 1.54) is 18.5 Å². The monoisotopic (exact) mass is 398 g/mol. The Morgan fingerprint density at radius 1 is 1.14 bits per heavy atom. The Labute approximate surface area is 163 Å². The molecule has 4 aromatic rings. The zero-order valence-electron chi connectivity index (χ0n) is 15.3. The molecule has 1 aromatic carbocycles. The average Bonchev–Trinajstić information content (AvgIpc) is 3.19. The number of ether oxygens (including phenoxy) is 1. The summed E-state index contributed by atoms with van der Waals surface area (Å²) in [6, 6.07) is 7.02. The molecule has 3 aromatic heterocycles. The van der Waals surface area contributed by atoms with Crippen LogP contribution >= 0.6 is 11.6 Å². The van der Waals surface area contributed by atoms with Crippen LogP contribution in [0.15, 0.2) is 24.3 Å². The minimum Gasteiger partial charge on any atom is -0.469 e. The van der Waals surface area contributed by atoms with E-state index in [1.807, 2.05) is 0 Å². The third-order valence-corrected chi connectivity index (χ3v) is 4.60. The van der Waals surface area contributed by atoms with E-state index in [9.17, 15) is 9.59 Å². The molecule has 142 valence electrons. The Balaban J connectivity index is 2.08. The van der Waals surface area contributed by atoms with Gasteiger partial charge in [-0.15, -0.1) is 10.2 Å². The van der Waals surface area contributed by atoms with Gasteiger partial charge in [0.1, 0.15) is 5.69 Å². The van der Waals surface area contributed by atoms with Gasteiger partial charge in [-0.25, -0.2) is 4.68 Å². The van der Waals surface area contributed by atoms with Crippen molar-refractivity contribution in [1.82, 2.24) is 29.6 Å². The van der Waals surface area contributed by atoms with Crippen LogP contribution < -0.4 is 0 Å². The van der Waals surface area contributed by atoms with Crippen molar-refractivity contribution in [1.29, 1.82) is 0 Å². The summed E-state index contributed by atoms with van der Waals surface area (Å²) < 4.78 is 7.88.